The van der Waals surface area contributed by atoms with Gasteiger partial charge in [-0.2, -0.15) is 0 Å². The molecule has 0 bridgehead atoms. The number of hydrogen-bond donors (Lipinski definition) is 1. The summed E-state index contributed by atoms with van der Waals surface area (Å²) in [6.07, 6.45) is 0. The number of rotatable bonds is 5. The SMILES string of the molecule is CCOC(=O)CNc1ccc(C(C)C)cc1. The van der Waals surface area contributed by atoms with Crippen LogP contribution in [0.3, 0.4) is 0 Å². The highest BCUT2D eigenvalue weighted by Crippen LogP contribution is 2.16. The van der Waals surface area contributed by atoms with Gasteiger partial charge in [-0.05, 0) is 30.5 Å². The molecule has 1 aromatic carbocycles. The molecule has 1 aromatic rings. The molecular weight excluding hydrogens is 202 g/mol. The zero-order valence-electron chi connectivity index (χ0n) is 10.1. The maximum atomic E-state index is 11.1. The third-order valence-electron chi connectivity index (χ3n) is 2.32. The number of hydrogen-bond acceptors (Lipinski definition) is 3. The topological polar surface area (TPSA) is 38.3 Å². The van der Waals surface area contributed by atoms with Crippen molar-refractivity contribution in [2.75, 3.05) is 18.5 Å². The molecule has 0 radical (unpaired) electrons. The Kier molecular flexibility index (Phi) is 4.83. The molecule has 0 saturated heterocycles. The predicted molar refractivity (Wildman–Crippen MR) is 65.7 cm³/mol. The Morgan fingerprint density at radius 3 is 2.44 bits per heavy atom. The normalized spacial score (nSPS) is 10.2. The minimum atomic E-state index is -0.226. The zero-order chi connectivity index (χ0) is 12.0. The molecule has 0 aromatic heterocycles. The Bertz CT molecular complexity index is 330. The summed E-state index contributed by atoms with van der Waals surface area (Å²) in [5.41, 5.74) is 2.24. The first kappa shape index (κ1) is 12.6. The number of benzene rings is 1. The quantitative estimate of drug-likeness (QED) is 0.777. The van der Waals surface area contributed by atoms with E-state index >= 15 is 0 Å². The van der Waals surface area contributed by atoms with Gasteiger partial charge >= 0.3 is 5.97 Å². The van der Waals surface area contributed by atoms with Crippen LogP contribution in [-0.2, 0) is 9.53 Å². The van der Waals surface area contributed by atoms with Crippen LogP contribution in [0.25, 0.3) is 0 Å². The van der Waals surface area contributed by atoms with Crippen molar-refractivity contribution < 1.29 is 9.53 Å². The van der Waals surface area contributed by atoms with E-state index in [-0.39, 0.29) is 12.5 Å². The van der Waals surface area contributed by atoms with Gasteiger partial charge in [0.15, 0.2) is 0 Å². The lowest BCUT2D eigenvalue weighted by Gasteiger charge is -2.08. The van der Waals surface area contributed by atoms with Crippen molar-refractivity contribution in [3.63, 3.8) is 0 Å². The molecule has 0 aliphatic carbocycles. The number of ether oxygens (including phenoxy) is 1. The molecule has 0 saturated carbocycles. The van der Waals surface area contributed by atoms with E-state index < -0.39 is 0 Å². The third kappa shape index (κ3) is 3.93. The summed E-state index contributed by atoms with van der Waals surface area (Å²) in [6.45, 7) is 6.75. The molecule has 1 N–H and O–H groups in total. The number of anilines is 1. The molecule has 3 nitrogen and oxygen atoms in total. The Morgan fingerprint density at radius 2 is 1.94 bits per heavy atom. The number of carbonyl (C=O) groups excluding carboxylic acids is 1. The Hall–Kier alpha value is -1.51. The van der Waals surface area contributed by atoms with Crippen molar-refractivity contribution in [1.29, 1.82) is 0 Å². The molecular formula is C13H19NO2. The maximum absolute atomic E-state index is 11.1. The minimum Gasteiger partial charge on any atom is -0.465 e. The molecule has 88 valence electrons. The van der Waals surface area contributed by atoms with Crippen LogP contribution in [0.2, 0.25) is 0 Å². The van der Waals surface area contributed by atoms with E-state index in [1.807, 2.05) is 12.1 Å². The molecule has 0 amide bonds. The van der Waals surface area contributed by atoms with Gasteiger partial charge in [0, 0.05) is 5.69 Å². The summed E-state index contributed by atoms with van der Waals surface area (Å²) in [5, 5.41) is 3.02. The second-order valence-corrected chi connectivity index (χ2v) is 3.94. The summed E-state index contributed by atoms with van der Waals surface area (Å²) >= 11 is 0. The second kappa shape index (κ2) is 6.16. The molecule has 0 aliphatic rings. The van der Waals surface area contributed by atoms with Crippen LogP contribution in [0.4, 0.5) is 5.69 Å². The lowest BCUT2D eigenvalue weighted by Crippen LogP contribution is -2.16. The molecule has 0 heterocycles. The van der Waals surface area contributed by atoms with Gasteiger partial charge in [0.1, 0.15) is 6.54 Å². The van der Waals surface area contributed by atoms with Crippen LogP contribution in [0.5, 0.6) is 0 Å². The minimum absolute atomic E-state index is 0.217. The summed E-state index contributed by atoms with van der Waals surface area (Å²) in [7, 11) is 0. The Balaban J connectivity index is 2.46. The first-order chi connectivity index (χ1) is 7.63. The zero-order valence-corrected chi connectivity index (χ0v) is 10.1. The lowest BCUT2D eigenvalue weighted by atomic mass is 10.0. The van der Waals surface area contributed by atoms with Crippen LogP contribution in [0.15, 0.2) is 24.3 Å². The van der Waals surface area contributed by atoms with Gasteiger partial charge in [0.2, 0.25) is 0 Å². The first-order valence-corrected chi connectivity index (χ1v) is 5.63. The highest BCUT2D eigenvalue weighted by Gasteiger charge is 2.02. The number of carbonyl (C=O) groups is 1. The fraction of sp³-hybridized carbons (Fsp3) is 0.462. The summed E-state index contributed by atoms with van der Waals surface area (Å²) in [5.74, 6) is 0.301. The van der Waals surface area contributed by atoms with Crippen molar-refractivity contribution in [1.82, 2.24) is 0 Å². The molecule has 0 aliphatic heterocycles. The fourth-order valence-electron chi connectivity index (χ4n) is 1.37. The average Bonchev–Trinajstić information content (AvgIpc) is 2.27. The molecule has 0 fully saturated rings. The molecule has 0 unspecified atom stereocenters. The van der Waals surface area contributed by atoms with Gasteiger partial charge in [-0.1, -0.05) is 26.0 Å². The van der Waals surface area contributed by atoms with E-state index in [0.717, 1.165) is 5.69 Å². The first-order valence-electron chi connectivity index (χ1n) is 5.63. The van der Waals surface area contributed by atoms with Crippen molar-refractivity contribution >= 4 is 11.7 Å². The average molecular weight is 221 g/mol. The fourth-order valence-corrected chi connectivity index (χ4v) is 1.37. The van der Waals surface area contributed by atoms with Crippen LogP contribution in [-0.4, -0.2) is 19.1 Å². The summed E-state index contributed by atoms with van der Waals surface area (Å²) in [6, 6.07) is 8.10. The van der Waals surface area contributed by atoms with Gasteiger partial charge in [-0.25, -0.2) is 0 Å². The van der Waals surface area contributed by atoms with Crippen molar-refractivity contribution in [2.24, 2.45) is 0 Å². The van der Waals surface area contributed by atoms with Crippen LogP contribution in [0.1, 0.15) is 32.3 Å². The highest BCUT2D eigenvalue weighted by molar-refractivity contribution is 5.74. The highest BCUT2D eigenvalue weighted by atomic mass is 16.5. The van der Waals surface area contributed by atoms with Crippen molar-refractivity contribution in [3.8, 4) is 0 Å². The van der Waals surface area contributed by atoms with Crippen LogP contribution < -0.4 is 5.32 Å². The van der Waals surface area contributed by atoms with E-state index in [9.17, 15) is 4.79 Å². The van der Waals surface area contributed by atoms with Gasteiger partial charge in [0.05, 0.1) is 6.61 Å². The van der Waals surface area contributed by atoms with E-state index in [0.29, 0.717) is 12.5 Å². The summed E-state index contributed by atoms with van der Waals surface area (Å²) < 4.78 is 4.82. The monoisotopic (exact) mass is 221 g/mol. The largest absolute Gasteiger partial charge is 0.465 e. The third-order valence-corrected chi connectivity index (χ3v) is 2.32. The van der Waals surface area contributed by atoms with Gasteiger partial charge < -0.3 is 10.1 Å². The van der Waals surface area contributed by atoms with E-state index in [2.05, 4.69) is 31.3 Å². The molecule has 0 spiro atoms. The number of nitrogens with one attached hydrogen (secondary N) is 1. The second-order valence-electron chi connectivity index (χ2n) is 3.94. The molecule has 16 heavy (non-hydrogen) atoms. The predicted octanol–water partition coefficient (Wildman–Crippen LogP) is 2.79. The Labute approximate surface area is 96.8 Å². The lowest BCUT2D eigenvalue weighted by molar-refractivity contribution is -0.140. The standard InChI is InChI=1S/C13H19NO2/c1-4-16-13(15)9-14-12-7-5-11(6-8-12)10(2)3/h5-8,10,14H,4,9H2,1-3H3. The maximum Gasteiger partial charge on any atom is 0.325 e. The van der Waals surface area contributed by atoms with Crippen LogP contribution >= 0.6 is 0 Å². The molecule has 3 heteroatoms. The van der Waals surface area contributed by atoms with Gasteiger partial charge in [0.25, 0.3) is 0 Å². The van der Waals surface area contributed by atoms with Crippen molar-refractivity contribution in [2.45, 2.75) is 26.7 Å². The van der Waals surface area contributed by atoms with E-state index in [1.54, 1.807) is 6.92 Å². The molecule has 1 rings (SSSR count). The number of esters is 1. The van der Waals surface area contributed by atoms with Gasteiger partial charge in [-0.15, -0.1) is 0 Å². The smallest absolute Gasteiger partial charge is 0.325 e. The van der Waals surface area contributed by atoms with E-state index in [4.69, 9.17) is 4.74 Å². The van der Waals surface area contributed by atoms with Crippen LogP contribution in [0, 0.1) is 0 Å². The molecule has 0 atom stereocenters. The Morgan fingerprint density at radius 1 is 1.31 bits per heavy atom. The van der Waals surface area contributed by atoms with E-state index in [1.165, 1.54) is 5.56 Å². The van der Waals surface area contributed by atoms with Gasteiger partial charge in [-0.3, -0.25) is 4.79 Å². The van der Waals surface area contributed by atoms with Crippen molar-refractivity contribution in [3.05, 3.63) is 29.8 Å². The summed E-state index contributed by atoms with van der Waals surface area (Å²) in [4.78, 5) is 11.1.